The highest BCUT2D eigenvalue weighted by Crippen LogP contribution is 2.44. The highest BCUT2D eigenvalue weighted by atomic mass is 32.2. The van der Waals surface area contributed by atoms with Crippen molar-refractivity contribution in [2.24, 2.45) is 11.7 Å². The highest BCUT2D eigenvalue weighted by Gasteiger charge is 2.33. The second-order valence-corrected chi connectivity index (χ2v) is 8.04. The van der Waals surface area contributed by atoms with Gasteiger partial charge in [-0.3, -0.25) is 0 Å². The lowest BCUT2D eigenvalue weighted by atomic mass is 9.78. The number of hydrogen-bond acceptors (Lipinski definition) is 2. The maximum Gasteiger partial charge on any atom is 0.00959 e. The lowest BCUT2D eigenvalue weighted by Gasteiger charge is -2.37. The maximum atomic E-state index is 6.04. The van der Waals surface area contributed by atoms with Gasteiger partial charge in [0, 0.05) is 10.5 Å². The smallest absolute Gasteiger partial charge is 0.00959 e. The fourth-order valence-corrected chi connectivity index (χ4v) is 5.84. The summed E-state index contributed by atoms with van der Waals surface area (Å²) in [5.41, 5.74) is 7.58. The van der Waals surface area contributed by atoms with Crippen LogP contribution in [-0.2, 0) is 0 Å². The molecule has 2 fully saturated rings. The molecule has 0 aliphatic heterocycles. The molecule has 2 aliphatic rings. The van der Waals surface area contributed by atoms with Gasteiger partial charge in [-0.05, 0) is 56.0 Å². The molecule has 0 saturated heterocycles. The minimum Gasteiger partial charge on any atom is -0.330 e. The van der Waals surface area contributed by atoms with E-state index in [1.165, 1.54) is 44.9 Å². The first-order chi connectivity index (χ1) is 9.86. The summed E-state index contributed by atoms with van der Waals surface area (Å²) in [5.74, 6) is 1.51. The molecule has 0 radical (unpaired) electrons. The van der Waals surface area contributed by atoms with Gasteiger partial charge in [-0.15, -0.1) is 0 Å². The number of nitrogens with two attached hydrogens (primary N) is 1. The Kier molecular flexibility index (Phi) is 5.06. The molecule has 2 heteroatoms. The van der Waals surface area contributed by atoms with Gasteiger partial charge < -0.3 is 5.73 Å². The SMILES string of the molecule is NCC1CCC(c2ccccc2)CC1SC1CCCC1. The molecule has 2 N–H and O–H groups in total. The summed E-state index contributed by atoms with van der Waals surface area (Å²) >= 11 is 2.28. The topological polar surface area (TPSA) is 26.0 Å². The van der Waals surface area contributed by atoms with Crippen LogP contribution in [0.5, 0.6) is 0 Å². The van der Waals surface area contributed by atoms with E-state index in [2.05, 4.69) is 42.1 Å². The molecular weight excluding hydrogens is 262 g/mol. The van der Waals surface area contributed by atoms with E-state index in [1.54, 1.807) is 5.56 Å². The Balaban J connectivity index is 1.65. The van der Waals surface area contributed by atoms with Crippen molar-refractivity contribution >= 4 is 11.8 Å². The van der Waals surface area contributed by atoms with Gasteiger partial charge in [0.15, 0.2) is 0 Å². The molecule has 1 nitrogen and oxygen atoms in total. The zero-order valence-electron chi connectivity index (χ0n) is 12.3. The second-order valence-electron chi connectivity index (χ2n) is 6.50. The Morgan fingerprint density at radius 3 is 2.45 bits per heavy atom. The third-order valence-corrected chi connectivity index (χ3v) is 6.95. The lowest BCUT2D eigenvalue weighted by molar-refractivity contribution is 0.343. The van der Waals surface area contributed by atoms with E-state index in [0.717, 1.165) is 28.9 Å². The van der Waals surface area contributed by atoms with Crippen LogP contribution in [0.2, 0.25) is 0 Å². The number of hydrogen-bond donors (Lipinski definition) is 1. The van der Waals surface area contributed by atoms with E-state index < -0.39 is 0 Å². The van der Waals surface area contributed by atoms with Crippen LogP contribution in [-0.4, -0.2) is 17.0 Å². The predicted octanol–water partition coefficient (Wildman–Crippen LogP) is 4.57. The molecule has 2 saturated carbocycles. The average Bonchev–Trinajstić information content (AvgIpc) is 3.01. The molecule has 110 valence electrons. The molecule has 0 bridgehead atoms. The molecule has 2 aliphatic carbocycles. The first-order valence-electron chi connectivity index (χ1n) is 8.27. The Bertz CT molecular complexity index is 399. The molecule has 3 unspecified atom stereocenters. The van der Waals surface area contributed by atoms with Crippen molar-refractivity contribution in [3.05, 3.63) is 35.9 Å². The van der Waals surface area contributed by atoms with Crippen molar-refractivity contribution in [1.29, 1.82) is 0 Å². The molecule has 0 aromatic heterocycles. The molecule has 0 heterocycles. The Hall–Kier alpha value is -0.470. The van der Waals surface area contributed by atoms with Gasteiger partial charge in [0.05, 0.1) is 0 Å². The number of thioether (sulfide) groups is 1. The third kappa shape index (κ3) is 3.40. The van der Waals surface area contributed by atoms with Crippen LogP contribution in [0.3, 0.4) is 0 Å². The van der Waals surface area contributed by atoms with Crippen LogP contribution in [0.25, 0.3) is 0 Å². The van der Waals surface area contributed by atoms with Crippen LogP contribution >= 0.6 is 11.8 Å². The fraction of sp³-hybridized carbons (Fsp3) is 0.667. The maximum absolute atomic E-state index is 6.04. The predicted molar refractivity (Wildman–Crippen MR) is 89.2 cm³/mol. The standard InChI is InChI=1S/C18H27NS/c19-13-16-11-10-15(14-6-2-1-3-7-14)12-18(16)20-17-8-4-5-9-17/h1-3,6-7,15-18H,4-5,8-13,19H2. The summed E-state index contributed by atoms with van der Waals surface area (Å²) in [6, 6.07) is 11.1. The number of benzene rings is 1. The minimum atomic E-state index is 0.751. The van der Waals surface area contributed by atoms with E-state index in [4.69, 9.17) is 5.73 Å². The van der Waals surface area contributed by atoms with E-state index in [0.29, 0.717) is 0 Å². The van der Waals surface area contributed by atoms with Crippen LogP contribution in [0, 0.1) is 5.92 Å². The van der Waals surface area contributed by atoms with Crippen LogP contribution in [0.1, 0.15) is 56.4 Å². The fourth-order valence-electron chi connectivity index (χ4n) is 3.93. The highest BCUT2D eigenvalue weighted by molar-refractivity contribution is 8.00. The Labute approximate surface area is 127 Å². The van der Waals surface area contributed by atoms with Crippen LogP contribution in [0.4, 0.5) is 0 Å². The normalized spacial score (nSPS) is 31.6. The molecule has 1 aromatic carbocycles. The number of rotatable bonds is 4. The molecule has 3 rings (SSSR count). The van der Waals surface area contributed by atoms with Crippen molar-refractivity contribution in [2.45, 2.75) is 61.4 Å². The van der Waals surface area contributed by atoms with Gasteiger partial charge in [0.25, 0.3) is 0 Å². The summed E-state index contributed by atoms with van der Waals surface area (Å²) in [4.78, 5) is 0. The molecule has 0 amide bonds. The second kappa shape index (κ2) is 7.00. The molecular formula is C18H27NS. The molecule has 0 spiro atoms. The van der Waals surface area contributed by atoms with Gasteiger partial charge >= 0.3 is 0 Å². The van der Waals surface area contributed by atoms with Gasteiger partial charge in [0.2, 0.25) is 0 Å². The summed E-state index contributed by atoms with van der Waals surface area (Å²) in [7, 11) is 0. The van der Waals surface area contributed by atoms with Crippen LogP contribution < -0.4 is 5.73 Å². The Morgan fingerprint density at radius 2 is 1.75 bits per heavy atom. The molecule has 1 aromatic rings. The zero-order chi connectivity index (χ0) is 13.8. The minimum absolute atomic E-state index is 0.751. The van der Waals surface area contributed by atoms with Crippen molar-refractivity contribution < 1.29 is 0 Å². The molecule has 20 heavy (non-hydrogen) atoms. The zero-order valence-corrected chi connectivity index (χ0v) is 13.2. The van der Waals surface area contributed by atoms with Gasteiger partial charge in [-0.1, -0.05) is 43.2 Å². The van der Waals surface area contributed by atoms with E-state index >= 15 is 0 Å². The van der Waals surface area contributed by atoms with Crippen molar-refractivity contribution in [3.63, 3.8) is 0 Å². The summed E-state index contributed by atoms with van der Waals surface area (Å²) in [6.45, 7) is 0.881. The lowest BCUT2D eigenvalue weighted by Crippen LogP contribution is -2.33. The van der Waals surface area contributed by atoms with Crippen molar-refractivity contribution in [2.75, 3.05) is 6.54 Å². The first-order valence-corrected chi connectivity index (χ1v) is 9.21. The summed E-state index contributed by atoms with van der Waals surface area (Å²) in [5, 5.41) is 1.71. The quantitative estimate of drug-likeness (QED) is 0.878. The summed E-state index contributed by atoms with van der Waals surface area (Å²) in [6.07, 6.45) is 9.75. The van der Waals surface area contributed by atoms with Crippen molar-refractivity contribution in [1.82, 2.24) is 0 Å². The third-order valence-electron chi connectivity index (χ3n) is 5.17. The average molecular weight is 289 g/mol. The van der Waals surface area contributed by atoms with E-state index in [1.807, 2.05) is 0 Å². The van der Waals surface area contributed by atoms with Crippen molar-refractivity contribution in [3.8, 4) is 0 Å². The van der Waals surface area contributed by atoms with Gasteiger partial charge in [-0.25, -0.2) is 0 Å². The van der Waals surface area contributed by atoms with Gasteiger partial charge in [0.1, 0.15) is 0 Å². The van der Waals surface area contributed by atoms with E-state index in [9.17, 15) is 0 Å². The molecule has 3 atom stereocenters. The Morgan fingerprint density at radius 1 is 1.00 bits per heavy atom. The first kappa shape index (κ1) is 14.5. The summed E-state index contributed by atoms with van der Waals surface area (Å²) < 4.78 is 0. The monoisotopic (exact) mass is 289 g/mol. The largest absolute Gasteiger partial charge is 0.330 e. The van der Waals surface area contributed by atoms with E-state index in [-0.39, 0.29) is 0 Å². The van der Waals surface area contributed by atoms with Crippen LogP contribution in [0.15, 0.2) is 30.3 Å². The van der Waals surface area contributed by atoms with Gasteiger partial charge in [-0.2, -0.15) is 11.8 Å².